The molecule has 2 aliphatic heterocycles. The van der Waals surface area contributed by atoms with E-state index in [9.17, 15) is 9.59 Å². The van der Waals surface area contributed by atoms with Crippen LogP contribution in [0.3, 0.4) is 0 Å². The number of hydrogen-bond donors (Lipinski definition) is 0. The SMILES string of the molecule is CC(=O)N1CCN(CC(=O)N2N=C(c3cc(C)ccc3C)C[C@@H]2c2ccc(C)cc2)CC1. The summed E-state index contributed by atoms with van der Waals surface area (Å²) in [5.74, 6) is 0.102. The van der Waals surface area contributed by atoms with Gasteiger partial charge in [0.1, 0.15) is 0 Å². The predicted molar refractivity (Wildman–Crippen MR) is 127 cm³/mol. The van der Waals surface area contributed by atoms with Crippen LogP contribution >= 0.6 is 0 Å². The van der Waals surface area contributed by atoms with Crippen LogP contribution in [0.1, 0.15) is 47.2 Å². The average molecular weight is 433 g/mol. The van der Waals surface area contributed by atoms with Crippen LogP contribution in [0.15, 0.2) is 47.6 Å². The molecule has 0 unspecified atom stereocenters. The lowest BCUT2D eigenvalue weighted by atomic mass is 9.94. The van der Waals surface area contributed by atoms with Crippen molar-refractivity contribution in [3.8, 4) is 0 Å². The second-order valence-corrected chi connectivity index (χ2v) is 9.02. The fourth-order valence-electron chi connectivity index (χ4n) is 4.48. The van der Waals surface area contributed by atoms with E-state index in [2.05, 4.69) is 68.1 Å². The highest BCUT2D eigenvalue weighted by molar-refractivity contribution is 6.04. The number of nitrogens with zero attached hydrogens (tertiary/aromatic N) is 4. The third-order valence-corrected chi connectivity index (χ3v) is 6.51. The molecule has 2 aromatic rings. The molecule has 2 heterocycles. The zero-order valence-electron chi connectivity index (χ0n) is 19.5. The maximum Gasteiger partial charge on any atom is 0.257 e. The van der Waals surface area contributed by atoms with E-state index in [1.54, 1.807) is 11.9 Å². The van der Waals surface area contributed by atoms with Gasteiger partial charge >= 0.3 is 0 Å². The summed E-state index contributed by atoms with van der Waals surface area (Å²) in [5, 5.41) is 6.55. The van der Waals surface area contributed by atoms with E-state index < -0.39 is 0 Å². The minimum absolute atomic E-state index is 0.00663. The van der Waals surface area contributed by atoms with E-state index in [1.165, 1.54) is 16.7 Å². The van der Waals surface area contributed by atoms with E-state index in [0.29, 0.717) is 39.1 Å². The van der Waals surface area contributed by atoms with Gasteiger partial charge in [-0.2, -0.15) is 5.10 Å². The minimum atomic E-state index is -0.100. The summed E-state index contributed by atoms with van der Waals surface area (Å²) in [4.78, 5) is 29.0. The molecule has 6 heteroatoms. The number of hydrogen-bond acceptors (Lipinski definition) is 4. The summed E-state index contributed by atoms with van der Waals surface area (Å²) < 4.78 is 0. The number of aryl methyl sites for hydroxylation is 3. The van der Waals surface area contributed by atoms with Crippen molar-refractivity contribution in [2.75, 3.05) is 32.7 Å². The summed E-state index contributed by atoms with van der Waals surface area (Å²) in [6, 6.07) is 14.7. The van der Waals surface area contributed by atoms with Crippen molar-refractivity contribution in [3.05, 3.63) is 70.3 Å². The van der Waals surface area contributed by atoms with Gasteiger partial charge in [0.05, 0.1) is 18.3 Å². The van der Waals surface area contributed by atoms with Crippen molar-refractivity contribution in [1.29, 1.82) is 0 Å². The summed E-state index contributed by atoms with van der Waals surface area (Å²) in [6.45, 7) is 10.9. The van der Waals surface area contributed by atoms with Gasteiger partial charge in [0.2, 0.25) is 5.91 Å². The Balaban J connectivity index is 1.57. The number of rotatable bonds is 4. The Bertz CT molecular complexity index is 1040. The molecular weight excluding hydrogens is 400 g/mol. The van der Waals surface area contributed by atoms with Gasteiger partial charge in [-0.05, 0) is 38.0 Å². The Morgan fingerprint density at radius 1 is 0.938 bits per heavy atom. The standard InChI is InChI=1S/C26H32N4O2/c1-18-6-9-22(10-7-18)25-16-24(23-15-19(2)5-8-20(23)3)27-30(25)26(32)17-28-11-13-29(14-12-28)21(4)31/h5-10,15,25H,11-14,16-17H2,1-4H3/t25-/m1/s1. The first kappa shape index (κ1) is 22.2. The van der Waals surface area contributed by atoms with Crippen molar-refractivity contribution in [2.24, 2.45) is 5.10 Å². The van der Waals surface area contributed by atoms with Gasteiger partial charge in [-0.15, -0.1) is 0 Å². The molecule has 0 radical (unpaired) electrons. The van der Waals surface area contributed by atoms with Crippen LogP contribution in [0.5, 0.6) is 0 Å². The van der Waals surface area contributed by atoms with Crippen LogP contribution in [0, 0.1) is 20.8 Å². The minimum Gasteiger partial charge on any atom is -0.340 e. The van der Waals surface area contributed by atoms with Gasteiger partial charge in [0, 0.05) is 45.1 Å². The maximum atomic E-state index is 13.4. The van der Waals surface area contributed by atoms with Gasteiger partial charge in [0.25, 0.3) is 5.91 Å². The van der Waals surface area contributed by atoms with Gasteiger partial charge in [-0.1, -0.05) is 47.5 Å². The second-order valence-electron chi connectivity index (χ2n) is 9.02. The Morgan fingerprint density at radius 3 is 2.25 bits per heavy atom. The van der Waals surface area contributed by atoms with Crippen LogP contribution in [-0.2, 0) is 9.59 Å². The fraction of sp³-hybridized carbons (Fsp3) is 0.423. The van der Waals surface area contributed by atoms with Crippen LogP contribution in [0.2, 0.25) is 0 Å². The first-order valence-electron chi connectivity index (χ1n) is 11.3. The Hall–Kier alpha value is -2.99. The van der Waals surface area contributed by atoms with Crippen LogP contribution in [0.25, 0.3) is 0 Å². The Labute approximate surface area is 190 Å². The number of benzene rings is 2. The molecule has 2 aromatic carbocycles. The van der Waals surface area contributed by atoms with Gasteiger partial charge in [-0.3, -0.25) is 14.5 Å². The van der Waals surface area contributed by atoms with Crippen LogP contribution < -0.4 is 0 Å². The smallest absolute Gasteiger partial charge is 0.257 e. The molecule has 0 saturated carbocycles. The number of carbonyl (C=O) groups is 2. The molecule has 0 spiro atoms. The summed E-state index contributed by atoms with van der Waals surface area (Å²) in [5.41, 5.74) is 6.75. The summed E-state index contributed by atoms with van der Waals surface area (Å²) >= 11 is 0. The quantitative estimate of drug-likeness (QED) is 0.744. The first-order chi connectivity index (χ1) is 15.3. The monoisotopic (exact) mass is 432 g/mol. The van der Waals surface area contributed by atoms with Gasteiger partial charge in [-0.25, -0.2) is 5.01 Å². The molecule has 0 N–H and O–H groups in total. The molecule has 0 aliphatic carbocycles. The second kappa shape index (κ2) is 9.25. The third kappa shape index (κ3) is 4.75. The van der Waals surface area contributed by atoms with E-state index in [-0.39, 0.29) is 17.9 Å². The average Bonchev–Trinajstić information content (AvgIpc) is 3.22. The number of amides is 2. The van der Waals surface area contributed by atoms with Crippen molar-refractivity contribution in [3.63, 3.8) is 0 Å². The van der Waals surface area contributed by atoms with Crippen molar-refractivity contribution >= 4 is 17.5 Å². The molecule has 1 fully saturated rings. The maximum absolute atomic E-state index is 13.4. The molecule has 32 heavy (non-hydrogen) atoms. The molecule has 4 rings (SSSR count). The largest absolute Gasteiger partial charge is 0.340 e. The lowest BCUT2D eigenvalue weighted by molar-refractivity contribution is -0.135. The number of carbonyl (C=O) groups excluding carboxylic acids is 2. The molecule has 168 valence electrons. The van der Waals surface area contributed by atoms with Gasteiger partial charge < -0.3 is 4.90 Å². The Morgan fingerprint density at radius 2 is 1.59 bits per heavy atom. The lowest BCUT2D eigenvalue weighted by Gasteiger charge is -2.34. The van der Waals surface area contributed by atoms with E-state index in [1.807, 2.05) is 4.90 Å². The lowest BCUT2D eigenvalue weighted by Crippen LogP contribution is -2.50. The Kier molecular flexibility index (Phi) is 6.42. The molecule has 0 aromatic heterocycles. The number of piperazine rings is 1. The third-order valence-electron chi connectivity index (χ3n) is 6.51. The molecular formula is C26H32N4O2. The molecule has 1 saturated heterocycles. The highest BCUT2D eigenvalue weighted by Crippen LogP contribution is 2.34. The molecule has 2 aliphatic rings. The molecule has 6 nitrogen and oxygen atoms in total. The van der Waals surface area contributed by atoms with Crippen molar-refractivity contribution < 1.29 is 9.59 Å². The van der Waals surface area contributed by atoms with Crippen molar-refractivity contribution in [2.45, 2.75) is 40.2 Å². The zero-order valence-corrected chi connectivity index (χ0v) is 19.5. The molecule has 2 amide bonds. The number of hydrazone groups is 1. The molecule has 0 bridgehead atoms. The first-order valence-corrected chi connectivity index (χ1v) is 11.3. The van der Waals surface area contributed by atoms with Crippen LogP contribution in [0.4, 0.5) is 0 Å². The topological polar surface area (TPSA) is 56.2 Å². The summed E-state index contributed by atoms with van der Waals surface area (Å²) in [6.07, 6.45) is 0.706. The van der Waals surface area contributed by atoms with Crippen LogP contribution in [-0.4, -0.2) is 65.1 Å². The van der Waals surface area contributed by atoms with Crippen molar-refractivity contribution in [1.82, 2.24) is 14.8 Å². The predicted octanol–water partition coefficient (Wildman–Crippen LogP) is 3.45. The van der Waals surface area contributed by atoms with E-state index in [4.69, 9.17) is 5.10 Å². The molecule has 1 atom stereocenters. The fourth-order valence-corrected chi connectivity index (χ4v) is 4.48. The highest BCUT2D eigenvalue weighted by Gasteiger charge is 2.34. The normalized spacial score (nSPS) is 19.2. The van der Waals surface area contributed by atoms with E-state index >= 15 is 0 Å². The van der Waals surface area contributed by atoms with Gasteiger partial charge in [0.15, 0.2) is 0 Å². The highest BCUT2D eigenvalue weighted by atomic mass is 16.2. The zero-order chi connectivity index (χ0) is 22.8. The summed E-state index contributed by atoms with van der Waals surface area (Å²) in [7, 11) is 0. The van der Waals surface area contributed by atoms with E-state index in [0.717, 1.165) is 16.8 Å².